The van der Waals surface area contributed by atoms with Crippen molar-refractivity contribution >= 4 is 17.8 Å². The Kier molecular flexibility index (Phi) is 11.5. The minimum Gasteiger partial charge on any atom is -0.493 e. The van der Waals surface area contributed by atoms with Crippen LogP contribution >= 0.6 is 0 Å². The van der Waals surface area contributed by atoms with Crippen molar-refractivity contribution in [2.24, 2.45) is 0 Å². The molecule has 13 heteroatoms. The minimum atomic E-state index is -1.82. The third-order valence-corrected chi connectivity index (χ3v) is 5.93. The predicted molar refractivity (Wildman–Crippen MR) is 139 cm³/mol. The van der Waals surface area contributed by atoms with E-state index >= 15 is 0 Å². The molecule has 2 aromatic carbocycles. The van der Waals surface area contributed by atoms with Gasteiger partial charge in [0.25, 0.3) is 5.91 Å². The first-order valence-electron chi connectivity index (χ1n) is 11.7. The van der Waals surface area contributed by atoms with E-state index in [-0.39, 0.29) is 5.91 Å². The fourth-order valence-corrected chi connectivity index (χ4v) is 4.02. The smallest absolute Gasteiger partial charge is 0.414 e. The molecule has 0 radical (unpaired) electrons. The van der Waals surface area contributed by atoms with Crippen LogP contribution in [0.1, 0.15) is 15.9 Å². The molecule has 0 spiro atoms. The van der Waals surface area contributed by atoms with Crippen molar-refractivity contribution in [1.29, 1.82) is 0 Å². The van der Waals surface area contributed by atoms with E-state index in [0.717, 1.165) is 18.7 Å². The molecule has 214 valence electrons. The third-order valence-electron chi connectivity index (χ3n) is 5.93. The average molecular weight is 551 g/mol. The third kappa shape index (κ3) is 7.57. The summed E-state index contributed by atoms with van der Waals surface area (Å²) in [5.74, 6) is -0.480. The van der Waals surface area contributed by atoms with Gasteiger partial charge in [-0.3, -0.25) is 9.69 Å². The summed E-state index contributed by atoms with van der Waals surface area (Å²) in [5, 5.41) is 14.8. The molecule has 0 atom stereocenters. The second-order valence-electron chi connectivity index (χ2n) is 8.09. The summed E-state index contributed by atoms with van der Waals surface area (Å²) in [5.41, 5.74) is 1.50. The van der Waals surface area contributed by atoms with Crippen molar-refractivity contribution in [2.75, 3.05) is 68.8 Å². The molecule has 2 N–H and O–H groups in total. The van der Waals surface area contributed by atoms with Crippen LogP contribution in [-0.2, 0) is 16.1 Å². The van der Waals surface area contributed by atoms with Crippen molar-refractivity contribution in [3.8, 4) is 34.5 Å². The van der Waals surface area contributed by atoms with Gasteiger partial charge in [-0.15, -0.1) is 0 Å². The topological polar surface area (TPSA) is 154 Å². The van der Waals surface area contributed by atoms with Gasteiger partial charge < -0.3 is 43.5 Å². The number of hydrogen-bond donors (Lipinski definition) is 2. The first kappa shape index (κ1) is 30.8. The van der Waals surface area contributed by atoms with E-state index < -0.39 is 11.9 Å². The van der Waals surface area contributed by atoms with E-state index in [4.69, 9.17) is 48.2 Å². The summed E-state index contributed by atoms with van der Waals surface area (Å²) >= 11 is 0. The minimum absolute atomic E-state index is 0.0717. The Balaban J connectivity index is 0.000000798. The average Bonchev–Trinajstić information content (AvgIpc) is 2.96. The Morgan fingerprint density at radius 2 is 1.15 bits per heavy atom. The SMILES string of the molecule is COc1cc(C(=O)N2CCN(Cc3ccc(OC)c(OC)c3OC)CC2)cc(OC)c1OC.O=C(O)C(=O)O. The Hall–Kier alpha value is -4.39. The zero-order valence-corrected chi connectivity index (χ0v) is 22.8. The summed E-state index contributed by atoms with van der Waals surface area (Å²) < 4.78 is 32.6. The van der Waals surface area contributed by atoms with Crippen molar-refractivity contribution in [1.82, 2.24) is 9.80 Å². The van der Waals surface area contributed by atoms with Crippen LogP contribution in [0.4, 0.5) is 0 Å². The lowest BCUT2D eigenvalue weighted by molar-refractivity contribution is -0.159. The molecule has 39 heavy (non-hydrogen) atoms. The monoisotopic (exact) mass is 550 g/mol. The Labute approximate surface area is 226 Å². The van der Waals surface area contributed by atoms with Crippen molar-refractivity contribution in [2.45, 2.75) is 6.54 Å². The lowest BCUT2D eigenvalue weighted by Crippen LogP contribution is -2.48. The van der Waals surface area contributed by atoms with E-state index in [0.29, 0.717) is 59.7 Å². The molecular weight excluding hydrogens is 516 g/mol. The molecule has 1 saturated heterocycles. The van der Waals surface area contributed by atoms with E-state index in [1.807, 2.05) is 17.0 Å². The molecule has 1 amide bonds. The maximum absolute atomic E-state index is 13.2. The van der Waals surface area contributed by atoms with Crippen LogP contribution in [0.15, 0.2) is 24.3 Å². The number of aliphatic carboxylic acids is 2. The standard InChI is InChI=1S/C24H32N2O7.C2H2O4/c1-28-18-8-7-16(21(31-4)23(18)33-6)15-25-9-11-26(12-10-25)24(27)17-13-19(29-2)22(32-5)20(14-17)30-3;3-1(4)2(5)6/h7-8,13-14H,9-12,15H2,1-6H3;(H,3,4)(H,5,6). The highest BCUT2D eigenvalue weighted by Crippen LogP contribution is 2.40. The Bertz CT molecular complexity index is 1120. The van der Waals surface area contributed by atoms with Crippen LogP contribution in [0.5, 0.6) is 34.5 Å². The number of nitrogens with zero attached hydrogens (tertiary/aromatic N) is 2. The van der Waals surface area contributed by atoms with E-state index in [2.05, 4.69) is 4.90 Å². The van der Waals surface area contributed by atoms with Gasteiger partial charge in [-0.05, 0) is 18.2 Å². The maximum Gasteiger partial charge on any atom is 0.414 e. The van der Waals surface area contributed by atoms with Crippen LogP contribution in [-0.4, -0.2) is 107 Å². The molecule has 13 nitrogen and oxygen atoms in total. The number of benzene rings is 2. The molecule has 0 aromatic heterocycles. The number of methoxy groups -OCH3 is 6. The molecule has 1 heterocycles. The summed E-state index contributed by atoms with van der Waals surface area (Å²) in [6, 6.07) is 7.23. The summed E-state index contributed by atoms with van der Waals surface area (Å²) in [7, 11) is 9.42. The van der Waals surface area contributed by atoms with Gasteiger partial charge >= 0.3 is 11.9 Å². The fourth-order valence-electron chi connectivity index (χ4n) is 4.02. The van der Waals surface area contributed by atoms with Crippen molar-refractivity contribution in [3.05, 3.63) is 35.4 Å². The van der Waals surface area contributed by atoms with Crippen LogP contribution in [0.2, 0.25) is 0 Å². The van der Waals surface area contributed by atoms with Gasteiger partial charge in [0, 0.05) is 43.9 Å². The second-order valence-corrected chi connectivity index (χ2v) is 8.09. The fraction of sp³-hybridized carbons (Fsp3) is 0.423. The number of rotatable bonds is 9. The number of carbonyl (C=O) groups excluding carboxylic acids is 1. The predicted octanol–water partition coefficient (Wildman–Crippen LogP) is 1.85. The Morgan fingerprint density at radius 3 is 1.56 bits per heavy atom. The van der Waals surface area contributed by atoms with Gasteiger partial charge in [-0.1, -0.05) is 6.07 Å². The lowest BCUT2D eigenvalue weighted by atomic mass is 10.1. The number of carbonyl (C=O) groups is 3. The molecule has 3 rings (SSSR count). The molecule has 1 aliphatic heterocycles. The van der Waals surface area contributed by atoms with Gasteiger partial charge in [-0.2, -0.15) is 0 Å². The summed E-state index contributed by atoms with van der Waals surface area (Å²) in [6.07, 6.45) is 0. The van der Waals surface area contributed by atoms with E-state index in [1.54, 1.807) is 33.5 Å². The van der Waals surface area contributed by atoms with E-state index in [9.17, 15) is 4.79 Å². The van der Waals surface area contributed by atoms with Gasteiger partial charge in [-0.25, -0.2) is 9.59 Å². The van der Waals surface area contributed by atoms with Gasteiger partial charge in [0.1, 0.15) is 0 Å². The number of amides is 1. The summed E-state index contributed by atoms with van der Waals surface area (Å²) in [6.45, 7) is 3.34. The zero-order chi connectivity index (χ0) is 29.1. The molecule has 0 unspecified atom stereocenters. The number of carboxylic acids is 2. The largest absolute Gasteiger partial charge is 0.493 e. The molecule has 0 saturated carbocycles. The summed E-state index contributed by atoms with van der Waals surface area (Å²) in [4.78, 5) is 35.5. The quantitative estimate of drug-likeness (QED) is 0.438. The van der Waals surface area contributed by atoms with Crippen molar-refractivity contribution < 1.29 is 53.0 Å². The highest BCUT2D eigenvalue weighted by molar-refractivity contribution is 6.27. The number of piperazine rings is 1. The van der Waals surface area contributed by atoms with Crippen LogP contribution in [0.25, 0.3) is 0 Å². The highest BCUT2D eigenvalue weighted by Gasteiger charge is 2.26. The van der Waals surface area contributed by atoms with Crippen LogP contribution in [0, 0.1) is 0 Å². The molecule has 0 aliphatic carbocycles. The first-order chi connectivity index (χ1) is 18.6. The molecule has 1 aliphatic rings. The maximum atomic E-state index is 13.2. The number of ether oxygens (including phenoxy) is 6. The van der Waals surface area contributed by atoms with E-state index in [1.165, 1.54) is 21.3 Å². The second kappa shape index (κ2) is 14.5. The highest BCUT2D eigenvalue weighted by atomic mass is 16.5. The molecule has 1 fully saturated rings. The number of hydrogen-bond acceptors (Lipinski definition) is 10. The molecule has 0 bridgehead atoms. The first-order valence-corrected chi connectivity index (χ1v) is 11.7. The van der Waals surface area contributed by atoms with Gasteiger partial charge in [0.05, 0.1) is 42.7 Å². The molecule has 2 aromatic rings. The molecular formula is C26H34N2O11. The van der Waals surface area contributed by atoms with Crippen LogP contribution < -0.4 is 28.4 Å². The number of carboxylic acid groups (broad SMARTS) is 2. The zero-order valence-electron chi connectivity index (χ0n) is 22.8. The lowest BCUT2D eigenvalue weighted by Gasteiger charge is -2.35. The van der Waals surface area contributed by atoms with Gasteiger partial charge in [0.15, 0.2) is 23.0 Å². The Morgan fingerprint density at radius 1 is 0.667 bits per heavy atom. The van der Waals surface area contributed by atoms with Gasteiger partial charge in [0.2, 0.25) is 11.5 Å². The van der Waals surface area contributed by atoms with Crippen LogP contribution in [0.3, 0.4) is 0 Å². The van der Waals surface area contributed by atoms with Crippen molar-refractivity contribution in [3.63, 3.8) is 0 Å². The normalized spacial score (nSPS) is 12.9.